The number of hydrogen-bond donors (Lipinski definition) is 3. The van der Waals surface area contributed by atoms with Crippen molar-refractivity contribution in [3.05, 3.63) is 57.6 Å². The SMILES string of the molecule is Cc1ccc(NC(=O)CCC(=O)N/N=C/c2cc(Cl)ccc2O)cc1Cl. The number of phenols is 1. The number of anilines is 1. The highest BCUT2D eigenvalue weighted by Gasteiger charge is 2.08. The maximum absolute atomic E-state index is 11.9. The van der Waals surface area contributed by atoms with Gasteiger partial charge in [-0.05, 0) is 42.8 Å². The van der Waals surface area contributed by atoms with E-state index < -0.39 is 5.91 Å². The molecular weight excluding hydrogens is 377 g/mol. The Morgan fingerprint density at radius 1 is 1.12 bits per heavy atom. The number of aromatic hydroxyl groups is 1. The van der Waals surface area contributed by atoms with Crippen molar-refractivity contribution < 1.29 is 14.7 Å². The van der Waals surface area contributed by atoms with Gasteiger partial charge in [-0.1, -0.05) is 29.3 Å². The van der Waals surface area contributed by atoms with Crippen LogP contribution in [0.1, 0.15) is 24.0 Å². The lowest BCUT2D eigenvalue weighted by atomic mass is 10.2. The van der Waals surface area contributed by atoms with E-state index in [2.05, 4.69) is 15.8 Å². The van der Waals surface area contributed by atoms with Crippen LogP contribution < -0.4 is 10.7 Å². The van der Waals surface area contributed by atoms with Gasteiger partial charge in [-0.25, -0.2) is 5.43 Å². The summed E-state index contributed by atoms with van der Waals surface area (Å²) in [7, 11) is 0. The van der Waals surface area contributed by atoms with Gasteiger partial charge < -0.3 is 10.4 Å². The number of rotatable bonds is 6. The molecule has 0 saturated heterocycles. The largest absolute Gasteiger partial charge is 0.507 e. The van der Waals surface area contributed by atoms with E-state index in [0.29, 0.717) is 21.3 Å². The molecule has 0 heterocycles. The smallest absolute Gasteiger partial charge is 0.240 e. The van der Waals surface area contributed by atoms with Crippen LogP contribution in [0.2, 0.25) is 10.0 Å². The second-order valence-electron chi connectivity index (χ2n) is 5.51. The van der Waals surface area contributed by atoms with Gasteiger partial charge in [0.1, 0.15) is 5.75 Å². The summed E-state index contributed by atoms with van der Waals surface area (Å²) in [5.74, 6) is -0.750. The Morgan fingerprint density at radius 3 is 2.58 bits per heavy atom. The molecule has 0 saturated carbocycles. The molecule has 2 aromatic carbocycles. The van der Waals surface area contributed by atoms with E-state index in [1.165, 1.54) is 24.4 Å². The molecule has 136 valence electrons. The fourth-order valence-electron chi connectivity index (χ4n) is 1.98. The Hall–Kier alpha value is -2.57. The fourth-order valence-corrected chi connectivity index (χ4v) is 2.34. The summed E-state index contributed by atoms with van der Waals surface area (Å²) >= 11 is 11.8. The molecular formula is C18H17Cl2N3O3. The van der Waals surface area contributed by atoms with Crippen LogP contribution in [0.15, 0.2) is 41.5 Å². The first-order chi connectivity index (χ1) is 12.3. The molecule has 0 radical (unpaired) electrons. The maximum Gasteiger partial charge on any atom is 0.240 e. The maximum atomic E-state index is 11.9. The molecule has 26 heavy (non-hydrogen) atoms. The Morgan fingerprint density at radius 2 is 1.85 bits per heavy atom. The van der Waals surface area contributed by atoms with Gasteiger partial charge >= 0.3 is 0 Å². The summed E-state index contributed by atoms with van der Waals surface area (Å²) in [6.07, 6.45) is 1.23. The number of benzene rings is 2. The zero-order valence-corrected chi connectivity index (χ0v) is 15.4. The van der Waals surface area contributed by atoms with Gasteiger partial charge in [0.2, 0.25) is 11.8 Å². The normalized spacial score (nSPS) is 10.7. The van der Waals surface area contributed by atoms with Crippen LogP contribution in [-0.2, 0) is 9.59 Å². The second kappa shape index (κ2) is 9.22. The van der Waals surface area contributed by atoms with Crippen molar-refractivity contribution in [2.45, 2.75) is 19.8 Å². The van der Waals surface area contributed by atoms with Crippen molar-refractivity contribution in [2.75, 3.05) is 5.32 Å². The third-order valence-electron chi connectivity index (χ3n) is 3.42. The molecule has 8 heteroatoms. The predicted molar refractivity (Wildman–Crippen MR) is 103 cm³/mol. The van der Waals surface area contributed by atoms with Gasteiger partial charge in [0.25, 0.3) is 0 Å². The summed E-state index contributed by atoms with van der Waals surface area (Å²) in [4.78, 5) is 23.6. The van der Waals surface area contributed by atoms with Crippen LogP contribution in [0, 0.1) is 6.92 Å². The molecule has 0 atom stereocenters. The van der Waals surface area contributed by atoms with E-state index in [0.717, 1.165) is 5.56 Å². The minimum atomic E-state index is -0.431. The van der Waals surface area contributed by atoms with Crippen LogP contribution in [0.3, 0.4) is 0 Å². The van der Waals surface area contributed by atoms with Gasteiger partial charge in [-0.15, -0.1) is 0 Å². The van der Waals surface area contributed by atoms with E-state index in [-0.39, 0.29) is 24.5 Å². The van der Waals surface area contributed by atoms with Crippen molar-refractivity contribution in [1.82, 2.24) is 5.43 Å². The number of amides is 2. The molecule has 0 fully saturated rings. The summed E-state index contributed by atoms with van der Waals surface area (Å²) in [5, 5.41) is 17.0. The van der Waals surface area contributed by atoms with Crippen LogP contribution in [0.4, 0.5) is 5.69 Å². The molecule has 0 aromatic heterocycles. The molecule has 3 N–H and O–H groups in total. The number of phenolic OH excluding ortho intramolecular Hbond substituents is 1. The second-order valence-corrected chi connectivity index (χ2v) is 6.35. The molecule has 6 nitrogen and oxygen atoms in total. The van der Waals surface area contributed by atoms with Crippen molar-refractivity contribution in [1.29, 1.82) is 0 Å². The predicted octanol–water partition coefficient (Wildman–Crippen LogP) is 3.88. The standard InChI is InChI=1S/C18H17Cl2N3O3/c1-11-2-4-14(9-15(11)20)22-17(25)6-7-18(26)23-21-10-12-8-13(19)3-5-16(12)24/h2-5,8-10,24H,6-7H2,1H3,(H,22,25)(H,23,26)/b21-10+. The van der Waals surface area contributed by atoms with Crippen molar-refractivity contribution in [3.63, 3.8) is 0 Å². The molecule has 0 aliphatic rings. The summed E-state index contributed by atoms with van der Waals surface area (Å²) in [6, 6.07) is 9.65. The highest BCUT2D eigenvalue weighted by atomic mass is 35.5. The van der Waals surface area contributed by atoms with Gasteiger partial charge in [-0.2, -0.15) is 5.10 Å². The third-order valence-corrected chi connectivity index (χ3v) is 4.06. The van der Waals surface area contributed by atoms with E-state index in [1.807, 2.05) is 6.92 Å². The van der Waals surface area contributed by atoms with Gasteiger partial charge in [-0.3, -0.25) is 9.59 Å². The van der Waals surface area contributed by atoms with Crippen molar-refractivity contribution in [3.8, 4) is 5.75 Å². The Bertz CT molecular complexity index is 854. The van der Waals surface area contributed by atoms with E-state index in [9.17, 15) is 14.7 Å². The third kappa shape index (κ3) is 6.06. The number of nitrogens with zero attached hydrogens (tertiary/aromatic N) is 1. The molecule has 2 aromatic rings. The van der Waals surface area contributed by atoms with Gasteiger partial charge in [0.15, 0.2) is 0 Å². The molecule has 0 aliphatic carbocycles. The van der Waals surface area contributed by atoms with Crippen LogP contribution in [0.25, 0.3) is 0 Å². The lowest BCUT2D eigenvalue weighted by molar-refractivity contribution is -0.124. The first-order valence-electron chi connectivity index (χ1n) is 7.71. The van der Waals surface area contributed by atoms with Gasteiger partial charge in [0, 0.05) is 34.1 Å². The first-order valence-corrected chi connectivity index (χ1v) is 8.47. The van der Waals surface area contributed by atoms with Crippen LogP contribution in [-0.4, -0.2) is 23.1 Å². The molecule has 0 spiro atoms. The molecule has 2 rings (SSSR count). The highest BCUT2D eigenvalue weighted by molar-refractivity contribution is 6.31. The van der Waals surface area contributed by atoms with Gasteiger partial charge in [0.05, 0.1) is 6.21 Å². The summed E-state index contributed by atoms with van der Waals surface area (Å²) in [6.45, 7) is 1.86. The van der Waals surface area contributed by atoms with Crippen LogP contribution >= 0.6 is 23.2 Å². The summed E-state index contributed by atoms with van der Waals surface area (Å²) < 4.78 is 0. The quantitative estimate of drug-likeness (QED) is 0.513. The average Bonchev–Trinajstić information content (AvgIpc) is 2.59. The number of hydrogen-bond acceptors (Lipinski definition) is 4. The topological polar surface area (TPSA) is 90.8 Å². The van der Waals surface area contributed by atoms with E-state index >= 15 is 0 Å². The number of carbonyl (C=O) groups is 2. The molecule has 0 aliphatic heterocycles. The minimum Gasteiger partial charge on any atom is -0.507 e. The zero-order valence-electron chi connectivity index (χ0n) is 13.9. The minimum absolute atomic E-state index is 0.00470. The highest BCUT2D eigenvalue weighted by Crippen LogP contribution is 2.20. The van der Waals surface area contributed by atoms with Crippen LogP contribution in [0.5, 0.6) is 5.75 Å². The Balaban J connectivity index is 1.79. The number of carbonyl (C=O) groups excluding carboxylic acids is 2. The molecule has 2 amide bonds. The lowest BCUT2D eigenvalue weighted by Gasteiger charge is -2.06. The number of hydrazone groups is 1. The zero-order chi connectivity index (χ0) is 19.1. The van der Waals surface area contributed by atoms with E-state index in [4.69, 9.17) is 23.2 Å². The Labute approximate surface area is 160 Å². The van der Waals surface area contributed by atoms with Crippen molar-refractivity contribution in [2.24, 2.45) is 5.10 Å². The molecule has 0 bridgehead atoms. The molecule has 0 unspecified atom stereocenters. The number of halogens is 2. The summed E-state index contributed by atoms with van der Waals surface area (Å²) in [5.41, 5.74) is 4.14. The Kier molecular flexibility index (Phi) is 7.00. The van der Waals surface area contributed by atoms with Crippen molar-refractivity contribution >= 4 is 46.9 Å². The fraction of sp³-hybridized carbons (Fsp3) is 0.167. The first kappa shape index (κ1) is 19.8. The monoisotopic (exact) mass is 393 g/mol. The lowest BCUT2D eigenvalue weighted by Crippen LogP contribution is -2.20. The van der Waals surface area contributed by atoms with E-state index in [1.54, 1.807) is 18.2 Å². The average molecular weight is 394 g/mol. The number of nitrogens with one attached hydrogen (secondary N) is 2. The number of aryl methyl sites for hydroxylation is 1.